The fourth-order valence-electron chi connectivity index (χ4n) is 3.42. The molecule has 0 aromatic heterocycles. The van der Waals surface area contributed by atoms with Gasteiger partial charge in [0.25, 0.3) is 0 Å². The van der Waals surface area contributed by atoms with Gasteiger partial charge < -0.3 is 5.32 Å². The van der Waals surface area contributed by atoms with Crippen LogP contribution in [-0.4, -0.2) is 17.9 Å². The Bertz CT molecular complexity index is 520. The van der Waals surface area contributed by atoms with Gasteiger partial charge in [0, 0.05) is 24.4 Å². The summed E-state index contributed by atoms with van der Waals surface area (Å²) in [5.74, 6) is 0.554. The van der Waals surface area contributed by atoms with Gasteiger partial charge in [-0.05, 0) is 43.4 Å². The number of benzene rings is 1. The monoisotopic (exact) mass is 254 g/mol. The molecule has 2 aliphatic heterocycles. The molecule has 1 aromatic carbocycles. The van der Waals surface area contributed by atoms with Crippen molar-refractivity contribution in [3.63, 3.8) is 0 Å². The molecule has 2 aliphatic rings. The van der Waals surface area contributed by atoms with Crippen LogP contribution in [0.15, 0.2) is 24.3 Å². The molecule has 0 aliphatic carbocycles. The van der Waals surface area contributed by atoms with E-state index in [4.69, 9.17) is 5.26 Å². The molecule has 1 aromatic rings. The molecular weight excluding hydrogens is 236 g/mol. The van der Waals surface area contributed by atoms with Crippen LogP contribution >= 0.6 is 0 Å². The molecule has 0 saturated carbocycles. The van der Waals surface area contributed by atoms with Gasteiger partial charge in [-0.15, -0.1) is 0 Å². The lowest BCUT2D eigenvalue weighted by molar-refractivity contribution is -0.123. The lowest BCUT2D eigenvalue weighted by Gasteiger charge is -2.28. The third-order valence-electron chi connectivity index (χ3n) is 4.36. The summed E-state index contributed by atoms with van der Waals surface area (Å²) < 4.78 is 0. The van der Waals surface area contributed by atoms with E-state index in [-0.39, 0.29) is 5.92 Å². The van der Waals surface area contributed by atoms with Crippen molar-refractivity contribution in [1.29, 1.82) is 5.26 Å². The van der Waals surface area contributed by atoms with Crippen LogP contribution in [0.5, 0.6) is 0 Å². The first kappa shape index (κ1) is 12.4. The predicted octanol–water partition coefficient (Wildman–Crippen LogP) is 2.20. The van der Waals surface area contributed by atoms with Gasteiger partial charge in [0.05, 0.1) is 11.6 Å². The molecule has 1 N–H and O–H groups in total. The van der Waals surface area contributed by atoms with Gasteiger partial charge in [-0.2, -0.15) is 5.26 Å². The van der Waals surface area contributed by atoms with E-state index in [2.05, 4.69) is 11.4 Å². The van der Waals surface area contributed by atoms with Gasteiger partial charge in [0.1, 0.15) is 5.78 Å². The standard InChI is InChI=1S/C16H18N2O/c17-10-12-3-1-2-11(6-12)7-16(19)13-8-14-4-5-15(9-13)18-14/h1-3,6,13-15,18H,4-5,7-9H2. The van der Waals surface area contributed by atoms with Gasteiger partial charge >= 0.3 is 0 Å². The zero-order valence-electron chi connectivity index (χ0n) is 10.9. The number of rotatable bonds is 3. The van der Waals surface area contributed by atoms with E-state index in [9.17, 15) is 4.79 Å². The summed E-state index contributed by atoms with van der Waals surface area (Å²) in [6.45, 7) is 0. The minimum Gasteiger partial charge on any atom is -0.311 e. The van der Waals surface area contributed by atoms with E-state index in [1.807, 2.05) is 18.2 Å². The first-order valence-corrected chi connectivity index (χ1v) is 7.02. The van der Waals surface area contributed by atoms with Crippen molar-refractivity contribution >= 4 is 5.78 Å². The number of carbonyl (C=O) groups excluding carboxylic acids is 1. The molecule has 0 spiro atoms. The third-order valence-corrected chi connectivity index (χ3v) is 4.36. The molecule has 3 rings (SSSR count). The smallest absolute Gasteiger partial charge is 0.140 e. The maximum Gasteiger partial charge on any atom is 0.140 e. The van der Waals surface area contributed by atoms with Crippen molar-refractivity contribution in [2.45, 2.75) is 44.2 Å². The Hall–Kier alpha value is -1.66. The van der Waals surface area contributed by atoms with Crippen molar-refractivity contribution in [3.8, 4) is 6.07 Å². The van der Waals surface area contributed by atoms with Gasteiger partial charge in [0.2, 0.25) is 0 Å². The topological polar surface area (TPSA) is 52.9 Å². The van der Waals surface area contributed by atoms with Crippen LogP contribution in [0.3, 0.4) is 0 Å². The molecule has 2 atom stereocenters. The quantitative estimate of drug-likeness (QED) is 0.899. The minimum atomic E-state index is 0.212. The maximum atomic E-state index is 12.4. The molecule has 3 heteroatoms. The number of hydrogen-bond acceptors (Lipinski definition) is 3. The summed E-state index contributed by atoms with van der Waals surface area (Å²) in [4.78, 5) is 12.4. The average Bonchev–Trinajstić information content (AvgIpc) is 2.77. The number of nitriles is 1. The van der Waals surface area contributed by atoms with Crippen LogP contribution in [0, 0.1) is 17.2 Å². The zero-order chi connectivity index (χ0) is 13.2. The maximum absolute atomic E-state index is 12.4. The molecule has 98 valence electrons. The molecule has 3 nitrogen and oxygen atoms in total. The molecule has 19 heavy (non-hydrogen) atoms. The third kappa shape index (κ3) is 2.69. The van der Waals surface area contributed by atoms with E-state index in [0.29, 0.717) is 29.9 Å². The van der Waals surface area contributed by atoms with Crippen molar-refractivity contribution in [1.82, 2.24) is 5.32 Å². The SMILES string of the molecule is N#Cc1cccc(CC(=O)C2CC3CCC(C2)N3)c1. The van der Waals surface area contributed by atoms with Crippen molar-refractivity contribution in [3.05, 3.63) is 35.4 Å². The van der Waals surface area contributed by atoms with Crippen molar-refractivity contribution < 1.29 is 4.79 Å². The van der Waals surface area contributed by atoms with Crippen LogP contribution in [0.25, 0.3) is 0 Å². The average molecular weight is 254 g/mol. The van der Waals surface area contributed by atoms with Gasteiger partial charge in [0.15, 0.2) is 0 Å². The normalized spacial score (nSPS) is 28.9. The summed E-state index contributed by atoms with van der Waals surface area (Å²) in [6, 6.07) is 10.6. The molecule has 2 bridgehead atoms. The highest BCUT2D eigenvalue weighted by Gasteiger charge is 2.36. The molecule has 2 saturated heterocycles. The Labute approximate surface area is 113 Å². The molecule has 2 heterocycles. The molecule has 0 amide bonds. The van der Waals surface area contributed by atoms with E-state index >= 15 is 0 Å². The van der Waals surface area contributed by atoms with Gasteiger partial charge in [-0.1, -0.05) is 12.1 Å². The van der Waals surface area contributed by atoms with Crippen LogP contribution < -0.4 is 5.32 Å². The number of hydrogen-bond donors (Lipinski definition) is 1. The van der Waals surface area contributed by atoms with Gasteiger partial charge in [-0.25, -0.2) is 0 Å². The fraction of sp³-hybridized carbons (Fsp3) is 0.500. The van der Waals surface area contributed by atoms with Gasteiger partial charge in [-0.3, -0.25) is 4.79 Å². The number of fused-ring (bicyclic) bond motifs is 2. The van der Waals surface area contributed by atoms with E-state index in [1.54, 1.807) is 6.07 Å². The molecular formula is C16H18N2O. The second kappa shape index (κ2) is 5.14. The number of nitrogens with one attached hydrogen (secondary N) is 1. The number of piperidine rings is 1. The Morgan fingerprint density at radius 3 is 2.74 bits per heavy atom. The second-order valence-corrected chi connectivity index (χ2v) is 5.76. The van der Waals surface area contributed by atoms with Crippen LogP contribution in [-0.2, 0) is 11.2 Å². The predicted molar refractivity (Wildman–Crippen MR) is 72.5 cm³/mol. The number of Topliss-reactive ketones (excluding diaryl/α,β-unsaturated/α-hetero) is 1. The van der Waals surface area contributed by atoms with Crippen LogP contribution in [0.1, 0.15) is 36.8 Å². The minimum absolute atomic E-state index is 0.212. The molecule has 2 fully saturated rings. The number of carbonyl (C=O) groups is 1. The second-order valence-electron chi connectivity index (χ2n) is 5.76. The van der Waals surface area contributed by atoms with Crippen molar-refractivity contribution in [2.24, 2.45) is 5.92 Å². The molecule has 2 unspecified atom stereocenters. The first-order chi connectivity index (χ1) is 9.24. The van der Waals surface area contributed by atoms with E-state index in [0.717, 1.165) is 18.4 Å². The highest BCUT2D eigenvalue weighted by atomic mass is 16.1. The zero-order valence-corrected chi connectivity index (χ0v) is 10.9. The molecule has 0 radical (unpaired) electrons. The first-order valence-electron chi connectivity index (χ1n) is 7.02. The summed E-state index contributed by atoms with van der Waals surface area (Å²) in [5, 5.41) is 12.4. The Morgan fingerprint density at radius 1 is 1.32 bits per heavy atom. The summed E-state index contributed by atoms with van der Waals surface area (Å²) >= 11 is 0. The van der Waals surface area contributed by atoms with Crippen LogP contribution in [0.4, 0.5) is 0 Å². The largest absolute Gasteiger partial charge is 0.311 e. The summed E-state index contributed by atoms with van der Waals surface area (Å²) in [5.41, 5.74) is 1.60. The van der Waals surface area contributed by atoms with E-state index < -0.39 is 0 Å². The number of ketones is 1. The summed E-state index contributed by atoms with van der Waals surface area (Å²) in [7, 11) is 0. The van der Waals surface area contributed by atoms with Crippen LogP contribution in [0.2, 0.25) is 0 Å². The summed E-state index contributed by atoms with van der Waals surface area (Å²) in [6.07, 6.45) is 4.90. The highest BCUT2D eigenvalue weighted by Crippen LogP contribution is 2.31. The van der Waals surface area contributed by atoms with Crippen molar-refractivity contribution in [2.75, 3.05) is 0 Å². The van der Waals surface area contributed by atoms with E-state index in [1.165, 1.54) is 12.8 Å². The Kier molecular flexibility index (Phi) is 3.35. The lowest BCUT2D eigenvalue weighted by atomic mass is 9.86. The Balaban J connectivity index is 1.66. The fourth-order valence-corrected chi connectivity index (χ4v) is 3.42. The number of nitrogens with zero attached hydrogens (tertiary/aromatic N) is 1. The Morgan fingerprint density at radius 2 is 2.05 bits per heavy atom. The lowest BCUT2D eigenvalue weighted by Crippen LogP contribution is -2.40. The highest BCUT2D eigenvalue weighted by molar-refractivity contribution is 5.83.